The van der Waals surface area contributed by atoms with Gasteiger partial charge in [0.25, 0.3) is 0 Å². The molecule has 0 saturated heterocycles. The minimum absolute atomic E-state index is 0.00702. The Morgan fingerprint density at radius 2 is 1.89 bits per heavy atom. The monoisotopic (exact) mass is 455 g/mol. The van der Waals surface area contributed by atoms with Crippen LogP contribution in [0.4, 0.5) is 5.69 Å². The van der Waals surface area contributed by atoms with Crippen molar-refractivity contribution < 1.29 is 17.9 Å². The fourth-order valence-corrected chi connectivity index (χ4v) is 3.38. The maximum absolute atomic E-state index is 12.5. The normalized spacial score (nSPS) is 12.7. The number of primary sulfonamides is 1. The number of hydrogen-bond donors (Lipinski definition) is 2. The van der Waals surface area contributed by atoms with Gasteiger partial charge in [0, 0.05) is 22.3 Å². The third-order valence-corrected chi connectivity index (χ3v) is 5.58. The summed E-state index contributed by atoms with van der Waals surface area (Å²) in [5.74, 6) is 0.533. The van der Waals surface area contributed by atoms with Crippen LogP contribution in [0.3, 0.4) is 0 Å². The zero-order chi connectivity index (χ0) is 20.2. The van der Waals surface area contributed by atoms with E-state index in [1.165, 1.54) is 24.3 Å². The lowest BCUT2D eigenvalue weighted by atomic mass is 10.1. The van der Waals surface area contributed by atoms with E-state index in [1.807, 2.05) is 30.1 Å². The summed E-state index contributed by atoms with van der Waals surface area (Å²) in [4.78, 5) is 14.4. The van der Waals surface area contributed by atoms with Gasteiger partial charge in [0.2, 0.25) is 15.9 Å². The van der Waals surface area contributed by atoms with Crippen LogP contribution in [0.25, 0.3) is 0 Å². The molecule has 2 rings (SSSR count). The van der Waals surface area contributed by atoms with Crippen LogP contribution in [0.5, 0.6) is 5.75 Å². The molecule has 9 heteroatoms. The number of nitrogens with zero attached hydrogens (tertiary/aromatic N) is 1. The predicted octanol–water partition coefficient (Wildman–Crippen LogP) is 2.56. The van der Waals surface area contributed by atoms with E-state index >= 15 is 0 Å². The van der Waals surface area contributed by atoms with Crippen molar-refractivity contribution in [3.8, 4) is 5.75 Å². The summed E-state index contributed by atoms with van der Waals surface area (Å²) < 4.78 is 28.9. The average molecular weight is 456 g/mol. The van der Waals surface area contributed by atoms with Crippen molar-refractivity contribution >= 4 is 37.5 Å². The minimum atomic E-state index is -3.76. The molecule has 2 aromatic carbocycles. The Balaban J connectivity index is 2.05. The van der Waals surface area contributed by atoms with Crippen LogP contribution < -0.4 is 15.2 Å². The number of carbonyl (C=O) groups excluding carboxylic acids is 1. The number of nitrogens with two attached hydrogens (primary N) is 1. The molecule has 0 aromatic heterocycles. The summed E-state index contributed by atoms with van der Waals surface area (Å²) in [6.45, 7) is 2.31. The number of ether oxygens (including phenoxy) is 1. The molecular formula is C18H22BrN3O4S. The Morgan fingerprint density at radius 3 is 2.44 bits per heavy atom. The van der Waals surface area contributed by atoms with Crippen LogP contribution in [0.1, 0.15) is 12.5 Å². The Kier molecular flexibility index (Phi) is 6.99. The largest absolute Gasteiger partial charge is 0.496 e. The van der Waals surface area contributed by atoms with E-state index in [4.69, 9.17) is 9.88 Å². The molecule has 0 aliphatic heterocycles. The first-order valence-corrected chi connectivity index (χ1v) is 10.4. The number of halogens is 1. The molecule has 0 unspecified atom stereocenters. The van der Waals surface area contributed by atoms with E-state index in [0.717, 1.165) is 15.8 Å². The third kappa shape index (κ3) is 5.77. The zero-order valence-electron chi connectivity index (χ0n) is 15.3. The van der Waals surface area contributed by atoms with Crippen LogP contribution in [-0.4, -0.2) is 39.4 Å². The molecule has 1 amide bonds. The highest BCUT2D eigenvalue weighted by molar-refractivity contribution is 9.10. The van der Waals surface area contributed by atoms with Crippen LogP contribution in [0.15, 0.2) is 51.8 Å². The number of carbonyl (C=O) groups is 1. The molecule has 146 valence electrons. The van der Waals surface area contributed by atoms with Crippen molar-refractivity contribution in [3.63, 3.8) is 0 Å². The van der Waals surface area contributed by atoms with E-state index in [-0.39, 0.29) is 10.8 Å². The van der Waals surface area contributed by atoms with Gasteiger partial charge in [-0.05, 0) is 56.4 Å². The lowest BCUT2D eigenvalue weighted by Crippen LogP contribution is -2.39. The van der Waals surface area contributed by atoms with E-state index in [1.54, 1.807) is 14.0 Å². The lowest BCUT2D eigenvalue weighted by Gasteiger charge is -2.25. The Bertz CT molecular complexity index is 917. The summed E-state index contributed by atoms with van der Waals surface area (Å²) in [7, 11) is -0.312. The molecule has 0 radical (unpaired) electrons. The summed E-state index contributed by atoms with van der Waals surface area (Å²) in [5.41, 5.74) is 1.44. The predicted molar refractivity (Wildman–Crippen MR) is 108 cm³/mol. The fourth-order valence-electron chi connectivity index (χ4n) is 2.45. The van der Waals surface area contributed by atoms with Gasteiger partial charge in [-0.2, -0.15) is 0 Å². The summed E-state index contributed by atoms with van der Waals surface area (Å²) in [6.07, 6.45) is 0. The quantitative estimate of drug-likeness (QED) is 0.667. The number of anilines is 1. The summed E-state index contributed by atoms with van der Waals surface area (Å²) in [5, 5.41) is 7.84. The zero-order valence-corrected chi connectivity index (χ0v) is 17.7. The van der Waals surface area contributed by atoms with Crippen molar-refractivity contribution in [3.05, 3.63) is 52.5 Å². The topological polar surface area (TPSA) is 102 Å². The molecule has 0 fully saturated rings. The van der Waals surface area contributed by atoms with Crippen molar-refractivity contribution in [1.29, 1.82) is 0 Å². The molecule has 2 aromatic rings. The second kappa shape index (κ2) is 8.83. The molecular weight excluding hydrogens is 434 g/mol. The van der Waals surface area contributed by atoms with Crippen molar-refractivity contribution in [2.75, 3.05) is 19.5 Å². The molecule has 0 aliphatic rings. The molecule has 0 aliphatic carbocycles. The standard InChI is InChI=1S/C18H22BrN3O4S/c1-12(22(2)11-13-10-14(19)4-9-17(13)26-3)18(23)21-15-5-7-16(8-6-15)27(20,24)25/h4-10,12H,11H2,1-3H3,(H,21,23)(H2,20,24,25)/t12-/m0/s1. The van der Waals surface area contributed by atoms with Crippen molar-refractivity contribution in [1.82, 2.24) is 4.90 Å². The summed E-state index contributed by atoms with van der Waals surface area (Å²) in [6, 6.07) is 11.0. The highest BCUT2D eigenvalue weighted by atomic mass is 79.9. The van der Waals surface area contributed by atoms with Crippen molar-refractivity contribution in [2.24, 2.45) is 5.14 Å². The lowest BCUT2D eigenvalue weighted by molar-refractivity contribution is -0.120. The van der Waals surface area contributed by atoms with Crippen LogP contribution in [-0.2, 0) is 21.4 Å². The highest BCUT2D eigenvalue weighted by Crippen LogP contribution is 2.24. The van der Waals surface area contributed by atoms with Gasteiger partial charge in [0.05, 0.1) is 18.0 Å². The van der Waals surface area contributed by atoms with E-state index < -0.39 is 16.1 Å². The molecule has 7 nitrogen and oxygen atoms in total. The molecule has 27 heavy (non-hydrogen) atoms. The van der Waals surface area contributed by atoms with E-state index in [0.29, 0.717) is 12.2 Å². The molecule has 1 atom stereocenters. The third-order valence-electron chi connectivity index (χ3n) is 4.15. The average Bonchev–Trinajstić information content (AvgIpc) is 2.61. The second-order valence-corrected chi connectivity index (χ2v) is 8.58. The Morgan fingerprint density at radius 1 is 1.26 bits per heavy atom. The summed E-state index contributed by atoms with van der Waals surface area (Å²) >= 11 is 3.44. The van der Waals surface area contributed by atoms with Crippen molar-refractivity contribution in [2.45, 2.75) is 24.4 Å². The van der Waals surface area contributed by atoms with Gasteiger partial charge >= 0.3 is 0 Å². The Labute approximate surface area is 167 Å². The smallest absolute Gasteiger partial charge is 0.241 e. The first kappa shape index (κ1) is 21.4. The number of nitrogens with one attached hydrogen (secondary N) is 1. The van der Waals surface area contributed by atoms with Crippen LogP contribution >= 0.6 is 15.9 Å². The molecule has 0 bridgehead atoms. The second-order valence-electron chi connectivity index (χ2n) is 6.11. The molecule has 3 N–H and O–H groups in total. The molecule has 0 spiro atoms. The number of amides is 1. The van der Waals surface area contributed by atoms with E-state index in [2.05, 4.69) is 21.2 Å². The number of hydrogen-bond acceptors (Lipinski definition) is 5. The number of likely N-dealkylation sites (N-methyl/N-ethyl adjacent to an activating group) is 1. The van der Waals surface area contributed by atoms with Gasteiger partial charge in [-0.1, -0.05) is 15.9 Å². The SMILES string of the molecule is COc1ccc(Br)cc1CN(C)[C@@H](C)C(=O)Nc1ccc(S(N)(=O)=O)cc1. The number of benzene rings is 2. The van der Waals surface area contributed by atoms with Gasteiger partial charge in [-0.15, -0.1) is 0 Å². The number of methoxy groups -OCH3 is 1. The molecule has 0 heterocycles. The van der Waals surface area contributed by atoms with Gasteiger partial charge in [0.15, 0.2) is 0 Å². The van der Waals surface area contributed by atoms with Crippen LogP contribution in [0, 0.1) is 0 Å². The Hall–Kier alpha value is -1.94. The van der Waals surface area contributed by atoms with Gasteiger partial charge in [0.1, 0.15) is 5.75 Å². The van der Waals surface area contributed by atoms with Gasteiger partial charge in [-0.25, -0.2) is 13.6 Å². The number of rotatable bonds is 7. The fraction of sp³-hybridized carbons (Fsp3) is 0.278. The first-order chi connectivity index (χ1) is 12.6. The van der Waals surface area contributed by atoms with Crippen LogP contribution in [0.2, 0.25) is 0 Å². The van der Waals surface area contributed by atoms with Gasteiger partial charge in [-0.3, -0.25) is 9.69 Å². The first-order valence-electron chi connectivity index (χ1n) is 8.08. The maximum atomic E-state index is 12.5. The molecule has 0 saturated carbocycles. The van der Waals surface area contributed by atoms with Gasteiger partial charge < -0.3 is 10.1 Å². The van der Waals surface area contributed by atoms with E-state index in [9.17, 15) is 13.2 Å². The number of sulfonamides is 1. The maximum Gasteiger partial charge on any atom is 0.241 e. The highest BCUT2D eigenvalue weighted by Gasteiger charge is 2.20. The minimum Gasteiger partial charge on any atom is -0.496 e.